The number of hydrogen-bond donors (Lipinski definition) is 0. The molecule has 2 aromatic heterocycles. The Bertz CT molecular complexity index is 1030. The third-order valence-corrected chi connectivity index (χ3v) is 9.51. The van der Waals surface area contributed by atoms with Crippen molar-refractivity contribution in [1.82, 2.24) is 9.38 Å². The van der Waals surface area contributed by atoms with Crippen LogP contribution in [0.5, 0.6) is 0 Å². The molecule has 138 valence electrons. The van der Waals surface area contributed by atoms with E-state index in [0.717, 1.165) is 30.2 Å². The van der Waals surface area contributed by atoms with E-state index in [-0.39, 0.29) is 5.54 Å². The van der Waals surface area contributed by atoms with E-state index in [4.69, 9.17) is 0 Å². The highest BCUT2D eigenvalue weighted by Crippen LogP contribution is 2.68. The van der Waals surface area contributed by atoms with Gasteiger partial charge >= 0.3 is 0 Å². The molecule has 4 heteroatoms. The summed E-state index contributed by atoms with van der Waals surface area (Å²) in [7, 11) is 0. The molecule has 5 aliphatic rings. The van der Waals surface area contributed by atoms with Crippen molar-refractivity contribution in [3.05, 3.63) is 52.8 Å². The normalized spacial score (nSPS) is 36.3. The molecule has 0 atom stereocenters. The number of imidazole rings is 1. The third kappa shape index (κ3) is 1.72. The van der Waals surface area contributed by atoms with E-state index in [1.807, 2.05) is 17.5 Å². The molecule has 1 aromatic carbocycles. The lowest BCUT2D eigenvalue weighted by Crippen LogP contribution is -2.61. The van der Waals surface area contributed by atoms with Crippen molar-refractivity contribution in [2.75, 3.05) is 4.90 Å². The molecule has 1 spiro atoms. The Balaban J connectivity index is 1.51. The van der Waals surface area contributed by atoms with Gasteiger partial charge in [0.15, 0.2) is 4.96 Å². The van der Waals surface area contributed by atoms with E-state index in [2.05, 4.69) is 51.7 Å². The molecule has 4 saturated carbocycles. The molecule has 4 aliphatic carbocycles. The van der Waals surface area contributed by atoms with E-state index >= 15 is 0 Å². The first-order valence-corrected chi connectivity index (χ1v) is 11.3. The fraction of sp³-hybridized carbons (Fsp3) is 0.522. The summed E-state index contributed by atoms with van der Waals surface area (Å²) in [5.41, 5.74) is 4.62. The van der Waals surface area contributed by atoms with Crippen LogP contribution >= 0.6 is 11.3 Å². The molecule has 3 nitrogen and oxygen atoms in total. The maximum absolute atomic E-state index is 4.66. The number of nitrogens with zero attached hydrogens (tertiary/aromatic N) is 3. The second-order valence-electron chi connectivity index (χ2n) is 9.46. The Hall–Kier alpha value is -1.81. The van der Waals surface area contributed by atoms with Gasteiger partial charge in [-0.1, -0.05) is 29.5 Å². The fourth-order valence-electron chi connectivity index (χ4n) is 7.56. The molecule has 0 saturated heterocycles. The van der Waals surface area contributed by atoms with Crippen LogP contribution in [0.25, 0.3) is 4.96 Å². The summed E-state index contributed by atoms with van der Waals surface area (Å²) in [5, 5.41) is 0. The Morgan fingerprint density at radius 3 is 2.52 bits per heavy atom. The molecular formula is C23H25N3S. The number of aryl methyl sites for hydroxylation is 1. The first-order chi connectivity index (χ1) is 13.2. The minimum atomic E-state index is 0.222. The van der Waals surface area contributed by atoms with E-state index in [0.29, 0.717) is 0 Å². The molecule has 4 fully saturated rings. The maximum atomic E-state index is 4.66. The standard InChI is InChI=1S/C23H25N3S/c1-14-4-2-3-5-19(14)26-13-20-21(27-22-24-6-7-25(20)22)23(26)17-9-15-8-16(11-17)12-18(23)10-15/h2-7,15-18H,8-13H2,1H3. The van der Waals surface area contributed by atoms with Gasteiger partial charge in [0.25, 0.3) is 0 Å². The SMILES string of the molecule is Cc1ccccc1N1Cc2c(sc3nccn23)C12C1CC3CC(C1)CC2C3. The van der Waals surface area contributed by atoms with Gasteiger partial charge in [-0.3, -0.25) is 4.40 Å². The number of fused-ring (bicyclic) bond motifs is 3. The average Bonchev–Trinajstić information content (AvgIpc) is 3.31. The Morgan fingerprint density at radius 2 is 1.78 bits per heavy atom. The number of thiazole rings is 1. The van der Waals surface area contributed by atoms with Gasteiger partial charge in [0.05, 0.1) is 22.7 Å². The molecule has 3 heterocycles. The predicted molar refractivity (Wildman–Crippen MR) is 109 cm³/mol. The highest BCUT2D eigenvalue weighted by Gasteiger charge is 2.64. The van der Waals surface area contributed by atoms with Crippen LogP contribution in [0.3, 0.4) is 0 Å². The van der Waals surface area contributed by atoms with Crippen molar-refractivity contribution in [2.24, 2.45) is 23.7 Å². The summed E-state index contributed by atoms with van der Waals surface area (Å²) >= 11 is 1.99. The van der Waals surface area contributed by atoms with Gasteiger partial charge in [-0.15, -0.1) is 0 Å². The summed E-state index contributed by atoms with van der Waals surface area (Å²) in [5.74, 6) is 3.62. The largest absolute Gasteiger partial charge is 0.354 e. The molecule has 4 bridgehead atoms. The van der Waals surface area contributed by atoms with Crippen LogP contribution in [0.2, 0.25) is 0 Å². The van der Waals surface area contributed by atoms with Crippen LogP contribution in [0.4, 0.5) is 5.69 Å². The number of anilines is 1. The fourth-order valence-corrected chi connectivity index (χ4v) is 9.01. The third-order valence-electron chi connectivity index (χ3n) is 8.26. The molecule has 8 rings (SSSR count). The first kappa shape index (κ1) is 15.2. The second-order valence-corrected chi connectivity index (χ2v) is 10.4. The molecular weight excluding hydrogens is 350 g/mol. The Kier molecular flexibility index (Phi) is 2.79. The Morgan fingerprint density at radius 1 is 1.04 bits per heavy atom. The number of rotatable bonds is 1. The average molecular weight is 376 g/mol. The van der Waals surface area contributed by atoms with Crippen molar-refractivity contribution >= 4 is 22.0 Å². The predicted octanol–water partition coefficient (Wildman–Crippen LogP) is 5.38. The Labute approximate surface area is 164 Å². The number of aromatic nitrogens is 2. The van der Waals surface area contributed by atoms with Gasteiger partial charge in [0, 0.05) is 18.1 Å². The van der Waals surface area contributed by atoms with Crippen LogP contribution in [-0.4, -0.2) is 9.38 Å². The van der Waals surface area contributed by atoms with Gasteiger partial charge in [0.1, 0.15) is 0 Å². The minimum Gasteiger partial charge on any atom is -0.354 e. The zero-order chi connectivity index (χ0) is 17.8. The number of benzene rings is 1. The van der Waals surface area contributed by atoms with Crippen molar-refractivity contribution in [2.45, 2.75) is 51.1 Å². The van der Waals surface area contributed by atoms with Crippen molar-refractivity contribution in [1.29, 1.82) is 0 Å². The van der Waals surface area contributed by atoms with Crippen molar-refractivity contribution in [3.63, 3.8) is 0 Å². The van der Waals surface area contributed by atoms with Gasteiger partial charge in [-0.25, -0.2) is 4.98 Å². The summed E-state index contributed by atoms with van der Waals surface area (Å²) in [4.78, 5) is 10.3. The number of hydrogen-bond acceptors (Lipinski definition) is 3. The molecule has 3 aromatic rings. The smallest absolute Gasteiger partial charge is 0.194 e. The summed E-state index contributed by atoms with van der Waals surface area (Å²) in [6.45, 7) is 3.33. The van der Waals surface area contributed by atoms with Crippen LogP contribution in [0.15, 0.2) is 36.7 Å². The van der Waals surface area contributed by atoms with Gasteiger partial charge in [-0.05, 0) is 74.3 Å². The van der Waals surface area contributed by atoms with Crippen molar-refractivity contribution in [3.8, 4) is 0 Å². The van der Waals surface area contributed by atoms with Gasteiger partial charge in [-0.2, -0.15) is 0 Å². The van der Waals surface area contributed by atoms with Crippen LogP contribution in [-0.2, 0) is 12.1 Å². The summed E-state index contributed by atoms with van der Waals surface area (Å²) in [6, 6.07) is 9.07. The lowest BCUT2D eigenvalue weighted by molar-refractivity contribution is -0.0573. The highest BCUT2D eigenvalue weighted by atomic mass is 32.1. The van der Waals surface area contributed by atoms with Crippen LogP contribution in [0, 0.1) is 30.6 Å². The van der Waals surface area contributed by atoms with E-state index in [1.54, 1.807) is 4.88 Å². The molecule has 0 N–H and O–H groups in total. The van der Waals surface area contributed by atoms with Crippen LogP contribution in [0.1, 0.15) is 48.2 Å². The highest BCUT2D eigenvalue weighted by molar-refractivity contribution is 7.17. The monoisotopic (exact) mass is 375 g/mol. The zero-order valence-corrected chi connectivity index (χ0v) is 16.6. The minimum absolute atomic E-state index is 0.222. The lowest BCUT2D eigenvalue weighted by atomic mass is 9.48. The zero-order valence-electron chi connectivity index (χ0n) is 15.8. The first-order valence-electron chi connectivity index (χ1n) is 10.5. The molecule has 1 aliphatic heterocycles. The van der Waals surface area contributed by atoms with E-state index < -0.39 is 0 Å². The molecule has 27 heavy (non-hydrogen) atoms. The van der Waals surface area contributed by atoms with E-state index in [9.17, 15) is 0 Å². The molecule has 0 unspecified atom stereocenters. The topological polar surface area (TPSA) is 20.5 Å². The second kappa shape index (κ2) is 4.96. The van der Waals surface area contributed by atoms with Crippen LogP contribution < -0.4 is 4.90 Å². The summed E-state index contributed by atoms with van der Waals surface area (Å²) < 4.78 is 2.38. The van der Waals surface area contributed by atoms with Gasteiger partial charge < -0.3 is 4.90 Å². The molecule has 0 radical (unpaired) electrons. The summed E-state index contributed by atoms with van der Waals surface area (Å²) in [6.07, 6.45) is 11.4. The van der Waals surface area contributed by atoms with Gasteiger partial charge in [0.2, 0.25) is 0 Å². The lowest BCUT2D eigenvalue weighted by Gasteiger charge is -2.63. The maximum Gasteiger partial charge on any atom is 0.194 e. The number of para-hydroxylation sites is 1. The van der Waals surface area contributed by atoms with Crippen molar-refractivity contribution < 1.29 is 0 Å². The molecule has 0 amide bonds. The quantitative estimate of drug-likeness (QED) is 0.569. The van der Waals surface area contributed by atoms with E-state index in [1.165, 1.54) is 54.0 Å².